The molecule has 10 nitrogen and oxygen atoms in total. The molecule has 0 spiro atoms. The average molecular weight is 561 g/mol. The molecule has 0 aliphatic carbocycles. The van der Waals surface area contributed by atoms with Gasteiger partial charge in [-0.15, -0.1) is 0 Å². The Morgan fingerprint density at radius 3 is 2.68 bits per heavy atom. The summed E-state index contributed by atoms with van der Waals surface area (Å²) in [5.41, 5.74) is 2.20. The molecule has 1 amide bonds. The molecule has 0 radical (unpaired) electrons. The van der Waals surface area contributed by atoms with Crippen LogP contribution in [0.1, 0.15) is 51.8 Å². The number of aliphatic hydroxyl groups is 1. The number of ether oxygens (including phenoxy) is 2. The number of hydrogen-bond acceptors (Lipinski definition) is 9. The molecule has 0 saturated carbocycles. The molecule has 10 heteroatoms. The van der Waals surface area contributed by atoms with Gasteiger partial charge in [0.1, 0.15) is 17.2 Å². The molecule has 1 aromatic carbocycles. The molecule has 3 aromatic rings. The first-order chi connectivity index (χ1) is 19.7. The average Bonchev–Trinajstić information content (AvgIpc) is 2.96. The Bertz CT molecular complexity index is 1360. The first-order valence-electron chi connectivity index (χ1n) is 14.5. The molecule has 2 aliphatic rings. The Kier molecular flexibility index (Phi) is 8.70. The molecule has 2 aliphatic heterocycles. The van der Waals surface area contributed by atoms with Crippen LogP contribution in [0.3, 0.4) is 0 Å². The quantitative estimate of drug-likeness (QED) is 0.369. The standard InChI is InChI=1S/C31H40N6O4/c1-5-6-17-41-27-9-7-8-26(34-27)32-23-12-10-22(11-13-23)28-33-25-19-36(30(38)31(3,4)39)15-14-24(25)29(35-28)37-16-18-40-20-21(37)2/h7-13,21,39H,5-6,14-20H2,1-4H3,(H,32,34). The Hall–Kier alpha value is -3.76. The minimum absolute atomic E-state index is 0.174. The highest BCUT2D eigenvalue weighted by molar-refractivity contribution is 5.84. The van der Waals surface area contributed by atoms with E-state index in [-0.39, 0.29) is 11.9 Å². The molecule has 1 saturated heterocycles. The number of pyridine rings is 1. The normalized spacial score (nSPS) is 17.2. The molecule has 1 unspecified atom stereocenters. The van der Waals surface area contributed by atoms with E-state index in [0.717, 1.165) is 47.7 Å². The van der Waals surface area contributed by atoms with E-state index in [1.165, 1.54) is 13.8 Å². The van der Waals surface area contributed by atoms with Gasteiger partial charge in [-0.1, -0.05) is 19.4 Å². The predicted molar refractivity (Wildman–Crippen MR) is 158 cm³/mol. The van der Waals surface area contributed by atoms with Crippen LogP contribution in [-0.4, -0.2) is 75.4 Å². The maximum atomic E-state index is 12.9. The minimum atomic E-state index is -1.44. The van der Waals surface area contributed by atoms with Gasteiger partial charge in [-0.05, 0) is 63.9 Å². The van der Waals surface area contributed by atoms with Crippen LogP contribution in [0.4, 0.5) is 17.3 Å². The first kappa shape index (κ1) is 28.8. The van der Waals surface area contributed by atoms with E-state index >= 15 is 0 Å². The van der Waals surface area contributed by atoms with Crippen molar-refractivity contribution >= 4 is 23.2 Å². The maximum Gasteiger partial charge on any atom is 0.254 e. The third kappa shape index (κ3) is 6.77. The number of benzene rings is 1. The van der Waals surface area contributed by atoms with Crippen LogP contribution < -0.4 is 15.0 Å². The van der Waals surface area contributed by atoms with Crippen molar-refractivity contribution in [3.8, 4) is 17.3 Å². The summed E-state index contributed by atoms with van der Waals surface area (Å²) in [6.45, 7) is 10.8. The lowest BCUT2D eigenvalue weighted by Crippen LogP contribution is -2.48. The second kappa shape index (κ2) is 12.4. The lowest BCUT2D eigenvalue weighted by Gasteiger charge is -2.38. The van der Waals surface area contributed by atoms with Gasteiger partial charge in [-0.3, -0.25) is 4.79 Å². The van der Waals surface area contributed by atoms with Crippen molar-refractivity contribution in [2.75, 3.05) is 43.1 Å². The zero-order valence-corrected chi connectivity index (χ0v) is 24.4. The fraction of sp³-hybridized carbons (Fsp3) is 0.484. The highest BCUT2D eigenvalue weighted by Crippen LogP contribution is 2.32. The smallest absolute Gasteiger partial charge is 0.254 e. The number of nitrogens with one attached hydrogen (secondary N) is 1. The summed E-state index contributed by atoms with van der Waals surface area (Å²) < 4.78 is 11.4. The van der Waals surface area contributed by atoms with E-state index in [1.807, 2.05) is 42.5 Å². The van der Waals surface area contributed by atoms with Crippen molar-refractivity contribution in [3.05, 3.63) is 53.7 Å². The largest absolute Gasteiger partial charge is 0.478 e. The Balaban J connectivity index is 1.41. The molecule has 41 heavy (non-hydrogen) atoms. The van der Waals surface area contributed by atoms with Crippen LogP contribution in [0.5, 0.6) is 5.88 Å². The second-order valence-electron chi connectivity index (χ2n) is 11.2. The number of hydrogen-bond donors (Lipinski definition) is 2. The molecule has 0 bridgehead atoms. The molecule has 218 valence electrons. The number of aromatic nitrogens is 3. The van der Waals surface area contributed by atoms with Gasteiger partial charge in [0.05, 0.1) is 38.1 Å². The predicted octanol–water partition coefficient (Wildman–Crippen LogP) is 4.34. The number of unbranched alkanes of at least 4 members (excludes halogenated alkanes) is 1. The molecule has 5 rings (SSSR count). The molecule has 2 N–H and O–H groups in total. The number of morpholine rings is 1. The summed E-state index contributed by atoms with van der Waals surface area (Å²) in [5.74, 6) is 2.52. The summed E-state index contributed by atoms with van der Waals surface area (Å²) >= 11 is 0. The number of nitrogens with zero attached hydrogens (tertiary/aromatic N) is 5. The fourth-order valence-electron chi connectivity index (χ4n) is 5.12. The minimum Gasteiger partial charge on any atom is -0.478 e. The Morgan fingerprint density at radius 2 is 1.95 bits per heavy atom. The molecular weight excluding hydrogens is 520 g/mol. The third-order valence-electron chi connectivity index (χ3n) is 7.38. The van der Waals surface area contributed by atoms with E-state index < -0.39 is 5.60 Å². The van der Waals surface area contributed by atoms with Crippen LogP contribution in [0, 0.1) is 0 Å². The van der Waals surface area contributed by atoms with E-state index in [1.54, 1.807) is 4.90 Å². The molecule has 4 heterocycles. The molecular formula is C31H40N6O4. The van der Waals surface area contributed by atoms with Gasteiger partial charge < -0.3 is 29.7 Å². The van der Waals surface area contributed by atoms with Gasteiger partial charge in [0.2, 0.25) is 5.88 Å². The number of carbonyl (C=O) groups is 1. The van der Waals surface area contributed by atoms with Crippen LogP contribution in [-0.2, 0) is 22.5 Å². The first-order valence-corrected chi connectivity index (χ1v) is 14.5. The van der Waals surface area contributed by atoms with Gasteiger partial charge in [0, 0.05) is 36.0 Å². The van der Waals surface area contributed by atoms with Gasteiger partial charge in [0.15, 0.2) is 5.82 Å². The zero-order chi connectivity index (χ0) is 29.0. The van der Waals surface area contributed by atoms with Crippen molar-refractivity contribution in [1.29, 1.82) is 0 Å². The maximum absolute atomic E-state index is 12.9. The van der Waals surface area contributed by atoms with Gasteiger partial charge in [-0.2, -0.15) is 4.98 Å². The summed E-state index contributed by atoms with van der Waals surface area (Å²) in [4.78, 5) is 31.4. The number of rotatable bonds is 9. The van der Waals surface area contributed by atoms with Crippen molar-refractivity contribution in [3.63, 3.8) is 0 Å². The topological polar surface area (TPSA) is 113 Å². The van der Waals surface area contributed by atoms with Crippen molar-refractivity contribution < 1.29 is 19.4 Å². The van der Waals surface area contributed by atoms with E-state index in [4.69, 9.17) is 19.4 Å². The van der Waals surface area contributed by atoms with Crippen molar-refractivity contribution in [1.82, 2.24) is 19.9 Å². The number of amides is 1. The summed E-state index contributed by atoms with van der Waals surface area (Å²) in [5, 5.41) is 13.7. The van der Waals surface area contributed by atoms with E-state index in [9.17, 15) is 9.90 Å². The second-order valence-corrected chi connectivity index (χ2v) is 11.2. The summed E-state index contributed by atoms with van der Waals surface area (Å²) in [6.07, 6.45) is 2.70. The number of fused-ring (bicyclic) bond motifs is 1. The summed E-state index contributed by atoms with van der Waals surface area (Å²) in [7, 11) is 0. The van der Waals surface area contributed by atoms with Gasteiger partial charge in [-0.25, -0.2) is 9.97 Å². The monoisotopic (exact) mass is 560 g/mol. The van der Waals surface area contributed by atoms with Crippen LogP contribution in [0.2, 0.25) is 0 Å². The van der Waals surface area contributed by atoms with Crippen molar-refractivity contribution in [2.45, 2.75) is 65.1 Å². The Morgan fingerprint density at radius 1 is 1.15 bits per heavy atom. The molecule has 1 atom stereocenters. The SMILES string of the molecule is CCCCOc1cccc(Nc2ccc(-c3nc4c(c(N5CCOCC5C)n3)CCN(C(=O)C(C)(C)O)C4)cc2)n1. The third-order valence-corrected chi connectivity index (χ3v) is 7.38. The highest BCUT2D eigenvalue weighted by Gasteiger charge is 2.34. The zero-order valence-electron chi connectivity index (χ0n) is 24.4. The molecule has 2 aromatic heterocycles. The lowest BCUT2D eigenvalue weighted by atomic mass is 10.0. The number of anilines is 3. The van der Waals surface area contributed by atoms with Crippen LogP contribution in [0.25, 0.3) is 11.4 Å². The van der Waals surface area contributed by atoms with E-state index in [2.05, 4.69) is 29.0 Å². The lowest BCUT2D eigenvalue weighted by molar-refractivity contribution is -0.148. The van der Waals surface area contributed by atoms with Crippen LogP contribution >= 0.6 is 0 Å². The van der Waals surface area contributed by atoms with Gasteiger partial charge >= 0.3 is 0 Å². The van der Waals surface area contributed by atoms with Gasteiger partial charge in [0.25, 0.3) is 5.91 Å². The number of carbonyl (C=O) groups excluding carboxylic acids is 1. The van der Waals surface area contributed by atoms with Crippen molar-refractivity contribution in [2.24, 2.45) is 0 Å². The van der Waals surface area contributed by atoms with Crippen LogP contribution in [0.15, 0.2) is 42.5 Å². The Labute approximate surface area is 241 Å². The highest BCUT2D eigenvalue weighted by atomic mass is 16.5. The van der Waals surface area contributed by atoms with E-state index in [0.29, 0.717) is 56.9 Å². The molecule has 1 fully saturated rings. The fourth-order valence-corrected chi connectivity index (χ4v) is 5.12. The summed E-state index contributed by atoms with van der Waals surface area (Å²) in [6, 6.07) is 13.8.